The molecule has 0 aliphatic carbocycles. The summed E-state index contributed by atoms with van der Waals surface area (Å²) in [5, 5.41) is 12.7. The maximum absolute atomic E-state index is 11.8. The van der Waals surface area contributed by atoms with Crippen molar-refractivity contribution < 1.29 is 14.3 Å². The smallest absolute Gasteiger partial charge is 0.244 e. The maximum atomic E-state index is 11.8. The molecule has 0 spiro atoms. The van der Waals surface area contributed by atoms with Crippen LogP contribution >= 0.6 is 0 Å². The van der Waals surface area contributed by atoms with E-state index >= 15 is 0 Å². The van der Waals surface area contributed by atoms with Gasteiger partial charge in [0.1, 0.15) is 11.3 Å². The van der Waals surface area contributed by atoms with Crippen LogP contribution in [-0.4, -0.2) is 23.7 Å². The summed E-state index contributed by atoms with van der Waals surface area (Å²) in [6.45, 7) is 3.96. The van der Waals surface area contributed by atoms with Gasteiger partial charge in [0.15, 0.2) is 0 Å². The van der Waals surface area contributed by atoms with Crippen LogP contribution in [0, 0.1) is 0 Å². The van der Waals surface area contributed by atoms with Gasteiger partial charge in [-0.3, -0.25) is 4.79 Å². The zero-order valence-corrected chi connectivity index (χ0v) is 12.4. The van der Waals surface area contributed by atoms with Crippen LogP contribution in [0.2, 0.25) is 0 Å². The molecule has 1 amide bonds. The Hall–Kier alpha value is -2.07. The first-order chi connectivity index (χ1) is 10.2. The van der Waals surface area contributed by atoms with Crippen molar-refractivity contribution >= 4 is 23.0 Å². The summed E-state index contributed by atoms with van der Waals surface area (Å²) in [6.07, 6.45) is 4.64. The first-order valence-corrected chi connectivity index (χ1v) is 7.25. The number of hydrogen-bond acceptors (Lipinski definition) is 3. The number of rotatable bonds is 6. The Morgan fingerprint density at radius 1 is 1.43 bits per heavy atom. The number of carbonyl (C=O) groups is 1. The summed E-state index contributed by atoms with van der Waals surface area (Å²) in [4.78, 5) is 11.8. The molecule has 1 heterocycles. The highest BCUT2D eigenvalue weighted by atomic mass is 16.3. The number of amides is 1. The topological polar surface area (TPSA) is 62.5 Å². The number of para-hydroxylation sites is 1. The summed E-state index contributed by atoms with van der Waals surface area (Å²) >= 11 is 0. The lowest BCUT2D eigenvalue weighted by Crippen LogP contribution is -2.31. The Morgan fingerprint density at radius 2 is 2.19 bits per heavy atom. The lowest BCUT2D eigenvalue weighted by Gasteiger charge is -2.09. The molecule has 4 heteroatoms. The van der Waals surface area contributed by atoms with E-state index in [1.807, 2.05) is 38.1 Å². The van der Waals surface area contributed by atoms with E-state index in [9.17, 15) is 4.79 Å². The molecule has 0 saturated carbocycles. The number of nitrogens with one attached hydrogen (secondary N) is 1. The van der Waals surface area contributed by atoms with Crippen molar-refractivity contribution in [3.8, 4) is 0 Å². The number of fused-ring (bicyclic) bond motifs is 1. The number of aliphatic hydroxyl groups excluding tert-OH is 1. The molecule has 0 bridgehead atoms. The summed E-state index contributed by atoms with van der Waals surface area (Å²) in [7, 11) is 0. The predicted molar refractivity (Wildman–Crippen MR) is 83.9 cm³/mol. The van der Waals surface area contributed by atoms with Crippen LogP contribution < -0.4 is 5.32 Å². The van der Waals surface area contributed by atoms with Gasteiger partial charge in [-0.05, 0) is 25.5 Å². The third kappa shape index (κ3) is 3.73. The largest absolute Gasteiger partial charge is 0.460 e. The van der Waals surface area contributed by atoms with Crippen molar-refractivity contribution in [1.29, 1.82) is 0 Å². The molecule has 4 nitrogen and oxygen atoms in total. The van der Waals surface area contributed by atoms with E-state index in [-0.39, 0.29) is 18.6 Å². The molecular formula is C17H21NO3. The van der Waals surface area contributed by atoms with Crippen LogP contribution in [0.3, 0.4) is 0 Å². The standard InChI is InChI=1S/C17H21NO3/c1-3-15-14(13-6-4-5-7-16(13)21-15)8-9-17(20)18-12(2)10-11-19/h4-9,12,19H,3,10-11H2,1-2H3,(H,18,20)/b9-8+. The Morgan fingerprint density at radius 3 is 2.90 bits per heavy atom. The van der Waals surface area contributed by atoms with Crippen LogP contribution in [0.15, 0.2) is 34.8 Å². The van der Waals surface area contributed by atoms with E-state index in [0.717, 1.165) is 28.7 Å². The third-order valence-electron chi connectivity index (χ3n) is 3.38. The molecule has 2 N–H and O–H groups in total. The van der Waals surface area contributed by atoms with E-state index in [2.05, 4.69) is 5.32 Å². The molecule has 2 aromatic rings. The average Bonchev–Trinajstić information content (AvgIpc) is 2.83. The molecule has 0 saturated heterocycles. The fourth-order valence-electron chi connectivity index (χ4n) is 2.28. The Labute approximate surface area is 124 Å². The minimum absolute atomic E-state index is 0.0427. The first kappa shape index (κ1) is 15.3. The first-order valence-electron chi connectivity index (χ1n) is 7.25. The third-order valence-corrected chi connectivity index (χ3v) is 3.38. The normalized spacial score (nSPS) is 12.9. The number of benzene rings is 1. The lowest BCUT2D eigenvalue weighted by atomic mass is 10.1. The Balaban J connectivity index is 2.18. The summed E-state index contributed by atoms with van der Waals surface area (Å²) in [6, 6.07) is 7.76. The lowest BCUT2D eigenvalue weighted by molar-refractivity contribution is -0.117. The molecule has 21 heavy (non-hydrogen) atoms. The van der Waals surface area contributed by atoms with Gasteiger partial charge in [-0.2, -0.15) is 0 Å². The van der Waals surface area contributed by atoms with Crippen LogP contribution in [0.5, 0.6) is 0 Å². The Kier molecular flexibility index (Phi) is 5.17. The zero-order valence-electron chi connectivity index (χ0n) is 12.4. The average molecular weight is 287 g/mol. The van der Waals surface area contributed by atoms with Gasteiger partial charge in [0.05, 0.1) is 0 Å². The second-order valence-electron chi connectivity index (χ2n) is 5.04. The molecule has 1 aromatic carbocycles. The molecule has 2 rings (SSSR count). The van der Waals surface area contributed by atoms with Gasteiger partial charge in [0.2, 0.25) is 5.91 Å². The van der Waals surface area contributed by atoms with E-state index in [4.69, 9.17) is 9.52 Å². The fraction of sp³-hybridized carbons (Fsp3) is 0.353. The number of hydrogen-bond donors (Lipinski definition) is 2. The molecular weight excluding hydrogens is 266 g/mol. The Bertz CT molecular complexity index is 643. The molecule has 0 aliphatic rings. The maximum Gasteiger partial charge on any atom is 0.244 e. The fourth-order valence-corrected chi connectivity index (χ4v) is 2.28. The highest BCUT2D eigenvalue weighted by molar-refractivity contribution is 5.96. The van der Waals surface area contributed by atoms with Crippen LogP contribution in [-0.2, 0) is 11.2 Å². The minimum atomic E-state index is -0.164. The van der Waals surface area contributed by atoms with Gasteiger partial charge in [-0.25, -0.2) is 0 Å². The molecule has 112 valence electrons. The molecule has 1 aromatic heterocycles. The minimum Gasteiger partial charge on any atom is -0.460 e. The number of carbonyl (C=O) groups excluding carboxylic acids is 1. The van der Waals surface area contributed by atoms with Gasteiger partial charge < -0.3 is 14.8 Å². The van der Waals surface area contributed by atoms with Crippen LogP contribution in [0.1, 0.15) is 31.6 Å². The predicted octanol–water partition coefficient (Wildman–Crippen LogP) is 2.90. The van der Waals surface area contributed by atoms with E-state index in [0.29, 0.717) is 6.42 Å². The van der Waals surface area contributed by atoms with Gasteiger partial charge in [0.25, 0.3) is 0 Å². The highest BCUT2D eigenvalue weighted by Gasteiger charge is 2.10. The molecule has 1 unspecified atom stereocenters. The monoisotopic (exact) mass is 287 g/mol. The van der Waals surface area contributed by atoms with Crippen molar-refractivity contribution in [2.24, 2.45) is 0 Å². The van der Waals surface area contributed by atoms with E-state index in [1.54, 1.807) is 6.08 Å². The molecule has 0 aliphatic heterocycles. The summed E-state index contributed by atoms with van der Waals surface area (Å²) in [5.74, 6) is 0.715. The number of aliphatic hydroxyl groups is 1. The quantitative estimate of drug-likeness (QED) is 0.803. The second kappa shape index (κ2) is 7.09. The zero-order chi connectivity index (χ0) is 15.2. The van der Waals surface area contributed by atoms with Gasteiger partial charge in [-0.1, -0.05) is 25.1 Å². The van der Waals surface area contributed by atoms with Gasteiger partial charge in [-0.15, -0.1) is 0 Å². The van der Waals surface area contributed by atoms with E-state index in [1.165, 1.54) is 6.08 Å². The summed E-state index contributed by atoms with van der Waals surface area (Å²) in [5.41, 5.74) is 1.79. The second-order valence-corrected chi connectivity index (χ2v) is 5.04. The highest BCUT2D eigenvalue weighted by Crippen LogP contribution is 2.27. The SMILES string of the molecule is CCc1oc2ccccc2c1/C=C/C(=O)NC(C)CCO. The van der Waals surface area contributed by atoms with Crippen LogP contribution in [0.4, 0.5) is 0 Å². The number of furan rings is 1. The molecule has 0 radical (unpaired) electrons. The van der Waals surface area contributed by atoms with Crippen molar-refractivity contribution in [2.45, 2.75) is 32.7 Å². The molecule has 1 atom stereocenters. The van der Waals surface area contributed by atoms with Crippen molar-refractivity contribution in [2.75, 3.05) is 6.61 Å². The van der Waals surface area contributed by atoms with Crippen molar-refractivity contribution in [3.05, 3.63) is 41.7 Å². The van der Waals surface area contributed by atoms with Gasteiger partial charge in [0, 0.05) is 36.1 Å². The van der Waals surface area contributed by atoms with Crippen molar-refractivity contribution in [1.82, 2.24) is 5.32 Å². The van der Waals surface area contributed by atoms with E-state index < -0.39 is 0 Å². The number of aryl methyl sites for hydroxylation is 1. The van der Waals surface area contributed by atoms with Gasteiger partial charge >= 0.3 is 0 Å². The van der Waals surface area contributed by atoms with Crippen LogP contribution in [0.25, 0.3) is 17.0 Å². The summed E-state index contributed by atoms with van der Waals surface area (Å²) < 4.78 is 5.78. The molecule has 0 fully saturated rings. The van der Waals surface area contributed by atoms with Crippen molar-refractivity contribution in [3.63, 3.8) is 0 Å².